The molecule has 16 heavy (non-hydrogen) atoms. The smallest absolute Gasteiger partial charge is 0.339 e. The Hall–Kier alpha value is -1.75. The molecule has 1 aromatic carbocycles. The molecule has 0 spiro atoms. The van der Waals surface area contributed by atoms with E-state index in [1.807, 2.05) is 0 Å². The van der Waals surface area contributed by atoms with Gasteiger partial charge in [-0.1, -0.05) is 0 Å². The number of ether oxygens (including phenoxy) is 1. The Morgan fingerprint density at radius 3 is 2.56 bits per heavy atom. The number of phenols is 1. The fraction of sp³-hybridized carbons (Fsp3) is 0.364. The Morgan fingerprint density at radius 2 is 2.12 bits per heavy atom. The lowest BCUT2D eigenvalue weighted by Gasteiger charge is -2.15. The molecule has 86 valence electrons. The number of aromatic carboxylic acids is 1. The van der Waals surface area contributed by atoms with Crippen LogP contribution in [0.2, 0.25) is 0 Å². The van der Waals surface area contributed by atoms with E-state index in [1.165, 1.54) is 19.2 Å². The maximum absolute atomic E-state index is 10.9. The first kappa shape index (κ1) is 10.8. The van der Waals surface area contributed by atoms with Crippen molar-refractivity contribution in [3.8, 4) is 11.5 Å². The lowest BCUT2D eigenvalue weighted by molar-refractivity contribution is 0.0693. The van der Waals surface area contributed by atoms with Crippen LogP contribution < -0.4 is 10.5 Å². The van der Waals surface area contributed by atoms with Crippen molar-refractivity contribution in [2.45, 2.75) is 18.4 Å². The zero-order valence-electron chi connectivity index (χ0n) is 8.86. The predicted octanol–water partition coefficient (Wildman–Crippen LogP) is 1.05. The zero-order chi connectivity index (χ0) is 11.9. The molecule has 0 aromatic heterocycles. The number of benzene rings is 1. The van der Waals surface area contributed by atoms with Gasteiger partial charge in [0.15, 0.2) is 0 Å². The lowest BCUT2D eigenvalue weighted by Crippen LogP contribution is -2.20. The number of hydrogen-bond acceptors (Lipinski definition) is 4. The summed E-state index contributed by atoms with van der Waals surface area (Å²) in [5.74, 6) is -1.05. The molecule has 0 amide bonds. The van der Waals surface area contributed by atoms with Crippen molar-refractivity contribution in [3.05, 3.63) is 23.3 Å². The number of methoxy groups -OCH3 is 1. The van der Waals surface area contributed by atoms with Crippen molar-refractivity contribution in [2.75, 3.05) is 7.11 Å². The zero-order valence-corrected chi connectivity index (χ0v) is 8.86. The van der Waals surface area contributed by atoms with Gasteiger partial charge in [-0.3, -0.25) is 0 Å². The summed E-state index contributed by atoms with van der Waals surface area (Å²) in [7, 11) is 1.46. The summed E-state index contributed by atoms with van der Waals surface area (Å²) in [6.45, 7) is 0. The third kappa shape index (κ3) is 1.59. The van der Waals surface area contributed by atoms with Gasteiger partial charge >= 0.3 is 5.97 Å². The normalized spacial score (nSPS) is 16.9. The Bertz CT molecular complexity index is 452. The second-order valence-electron chi connectivity index (χ2n) is 4.03. The minimum absolute atomic E-state index is 0.146. The molecular weight excluding hydrogens is 210 g/mol. The highest BCUT2D eigenvalue weighted by Crippen LogP contribution is 2.47. The van der Waals surface area contributed by atoms with Crippen molar-refractivity contribution in [2.24, 2.45) is 5.73 Å². The van der Waals surface area contributed by atoms with Crippen LogP contribution in [0.5, 0.6) is 11.5 Å². The monoisotopic (exact) mass is 223 g/mol. The summed E-state index contributed by atoms with van der Waals surface area (Å²) in [4.78, 5) is 10.9. The van der Waals surface area contributed by atoms with Crippen LogP contribution in [-0.4, -0.2) is 23.3 Å². The molecule has 1 aromatic rings. The van der Waals surface area contributed by atoms with Gasteiger partial charge in [0, 0.05) is 17.2 Å². The fourth-order valence-electron chi connectivity index (χ4n) is 1.70. The molecule has 1 fully saturated rings. The van der Waals surface area contributed by atoms with Crippen LogP contribution >= 0.6 is 0 Å². The van der Waals surface area contributed by atoms with Crippen molar-refractivity contribution < 1.29 is 19.7 Å². The molecule has 0 radical (unpaired) electrons. The molecule has 1 aliphatic rings. The summed E-state index contributed by atoms with van der Waals surface area (Å²) in [6.07, 6.45) is 1.60. The third-order valence-electron chi connectivity index (χ3n) is 2.87. The van der Waals surface area contributed by atoms with Crippen molar-refractivity contribution in [3.63, 3.8) is 0 Å². The van der Waals surface area contributed by atoms with Gasteiger partial charge in [-0.05, 0) is 18.9 Å². The highest BCUT2D eigenvalue weighted by atomic mass is 16.5. The molecule has 0 unspecified atom stereocenters. The van der Waals surface area contributed by atoms with Gasteiger partial charge in [0.05, 0.1) is 7.11 Å². The van der Waals surface area contributed by atoms with Crippen LogP contribution in [-0.2, 0) is 5.54 Å². The van der Waals surface area contributed by atoms with E-state index in [1.54, 1.807) is 0 Å². The van der Waals surface area contributed by atoms with Gasteiger partial charge in [-0.15, -0.1) is 0 Å². The van der Waals surface area contributed by atoms with E-state index in [4.69, 9.17) is 15.6 Å². The molecule has 4 N–H and O–H groups in total. The Labute approximate surface area is 92.5 Å². The molecule has 0 atom stereocenters. The topological polar surface area (TPSA) is 92.8 Å². The second-order valence-corrected chi connectivity index (χ2v) is 4.03. The van der Waals surface area contributed by atoms with Crippen LogP contribution in [0.1, 0.15) is 28.8 Å². The average molecular weight is 223 g/mol. The first-order valence-electron chi connectivity index (χ1n) is 4.91. The summed E-state index contributed by atoms with van der Waals surface area (Å²) < 4.78 is 5.09. The van der Waals surface area contributed by atoms with Crippen molar-refractivity contribution >= 4 is 5.97 Å². The van der Waals surface area contributed by atoms with Gasteiger partial charge in [-0.25, -0.2) is 4.79 Å². The molecule has 0 heterocycles. The van der Waals surface area contributed by atoms with Crippen molar-refractivity contribution in [1.82, 2.24) is 0 Å². The van der Waals surface area contributed by atoms with E-state index < -0.39 is 11.5 Å². The predicted molar refractivity (Wildman–Crippen MR) is 56.7 cm³/mol. The standard InChI is InChI=1S/C11H13NO4/c1-16-9-5-8(13)6(10(14)15)4-7(9)11(12)2-3-11/h4-5,13H,2-3,12H2,1H3,(H,14,15). The summed E-state index contributed by atoms with van der Waals surface area (Å²) in [5, 5.41) is 18.4. The number of hydrogen-bond donors (Lipinski definition) is 3. The maximum atomic E-state index is 10.9. The molecule has 2 rings (SSSR count). The SMILES string of the molecule is COc1cc(O)c(C(=O)O)cc1C1(N)CC1. The van der Waals surface area contributed by atoms with E-state index in [-0.39, 0.29) is 11.3 Å². The summed E-state index contributed by atoms with van der Waals surface area (Å²) in [5.41, 5.74) is 6.01. The molecular formula is C11H13NO4. The lowest BCUT2D eigenvalue weighted by atomic mass is 10.0. The maximum Gasteiger partial charge on any atom is 0.339 e. The van der Waals surface area contributed by atoms with E-state index in [0.717, 1.165) is 12.8 Å². The van der Waals surface area contributed by atoms with Crippen LogP contribution in [0.25, 0.3) is 0 Å². The van der Waals surface area contributed by atoms with Crippen LogP contribution in [0.4, 0.5) is 0 Å². The minimum atomic E-state index is -1.18. The number of aromatic hydroxyl groups is 1. The van der Waals surface area contributed by atoms with Crippen molar-refractivity contribution in [1.29, 1.82) is 0 Å². The van der Waals surface area contributed by atoms with Gasteiger partial charge in [0.1, 0.15) is 17.1 Å². The van der Waals surface area contributed by atoms with Crippen LogP contribution in [0, 0.1) is 0 Å². The van der Waals surface area contributed by atoms with Crippen LogP contribution in [0.3, 0.4) is 0 Å². The number of carbonyl (C=O) groups is 1. The molecule has 1 aliphatic carbocycles. The quantitative estimate of drug-likeness (QED) is 0.712. The van der Waals surface area contributed by atoms with E-state index >= 15 is 0 Å². The Balaban J connectivity index is 2.57. The molecule has 0 aliphatic heterocycles. The van der Waals surface area contributed by atoms with E-state index in [2.05, 4.69) is 0 Å². The minimum Gasteiger partial charge on any atom is -0.507 e. The van der Waals surface area contributed by atoms with Gasteiger partial charge in [-0.2, -0.15) is 0 Å². The van der Waals surface area contributed by atoms with E-state index in [0.29, 0.717) is 11.3 Å². The number of rotatable bonds is 3. The molecule has 5 nitrogen and oxygen atoms in total. The van der Waals surface area contributed by atoms with Gasteiger partial charge in [0.2, 0.25) is 0 Å². The summed E-state index contributed by atoms with van der Waals surface area (Å²) in [6, 6.07) is 2.69. The van der Waals surface area contributed by atoms with E-state index in [9.17, 15) is 9.90 Å². The molecule has 0 saturated heterocycles. The third-order valence-corrected chi connectivity index (χ3v) is 2.87. The Kier molecular flexibility index (Phi) is 2.27. The first-order chi connectivity index (χ1) is 7.48. The second kappa shape index (κ2) is 3.38. The van der Waals surface area contributed by atoms with Gasteiger partial charge < -0.3 is 20.7 Å². The van der Waals surface area contributed by atoms with Crippen LogP contribution in [0.15, 0.2) is 12.1 Å². The highest BCUT2D eigenvalue weighted by Gasteiger charge is 2.43. The summed E-state index contributed by atoms with van der Waals surface area (Å²) >= 11 is 0. The largest absolute Gasteiger partial charge is 0.507 e. The van der Waals surface area contributed by atoms with Gasteiger partial charge in [0.25, 0.3) is 0 Å². The molecule has 0 bridgehead atoms. The average Bonchev–Trinajstić information content (AvgIpc) is 2.96. The number of carboxylic acid groups (broad SMARTS) is 1. The number of nitrogens with two attached hydrogens (primary N) is 1. The molecule has 5 heteroatoms. The number of carboxylic acids is 1. The Morgan fingerprint density at radius 1 is 1.50 bits per heavy atom. The fourth-order valence-corrected chi connectivity index (χ4v) is 1.70. The molecule has 1 saturated carbocycles. The first-order valence-corrected chi connectivity index (χ1v) is 4.91. The highest BCUT2D eigenvalue weighted by molar-refractivity contribution is 5.91.